The zero-order valence-electron chi connectivity index (χ0n) is 10.0. The van der Waals surface area contributed by atoms with E-state index in [4.69, 9.17) is 9.52 Å². The van der Waals surface area contributed by atoms with Crippen LogP contribution in [0.15, 0.2) is 16.5 Å². The highest BCUT2D eigenvalue weighted by Crippen LogP contribution is 2.09. The summed E-state index contributed by atoms with van der Waals surface area (Å²) in [6.45, 7) is 3.78. The van der Waals surface area contributed by atoms with Crippen LogP contribution in [-0.2, 0) is 11.2 Å². The minimum Gasteiger partial charge on any atom is -0.480 e. The molecule has 2 N–H and O–H groups in total. The maximum atomic E-state index is 11.7. The van der Waals surface area contributed by atoms with Crippen molar-refractivity contribution in [1.29, 1.82) is 0 Å². The molecule has 5 heteroatoms. The molecule has 0 radical (unpaired) electrons. The van der Waals surface area contributed by atoms with Crippen molar-refractivity contribution in [3.8, 4) is 0 Å². The lowest BCUT2D eigenvalue weighted by Crippen LogP contribution is -2.40. The quantitative estimate of drug-likeness (QED) is 0.793. The lowest BCUT2D eigenvalue weighted by Gasteiger charge is -2.12. The predicted octanol–water partition coefficient (Wildman–Crippen LogP) is 1.83. The summed E-state index contributed by atoms with van der Waals surface area (Å²) in [5, 5.41) is 11.3. The second kappa shape index (κ2) is 6.08. The SMILES string of the molecule is CCC[C@@H](NC(=O)c1ccc(CC)o1)C(=O)O. The van der Waals surface area contributed by atoms with Crippen LogP contribution < -0.4 is 5.32 Å². The van der Waals surface area contributed by atoms with Crippen molar-refractivity contribution in [3.63, 3.8) is 0 Å². The summed E-state index contributed by atoms with van der Waals surface area (Å²) < 4.78 is 5.25. The van der Waals surface area contributed by atoms with Crippen molar-refractivity contribution >= 4 is 11.9 Å². The summed E-state index contributed by atoms with van der Waals surface area (Å²) in [7, 11) is 0. The van der Waals surface area contributed by atoms with Crippen LogP contribution in [0.1, 0.15) is 43.0 Å². The molecule has 1 aromatic heterocycles. The Labute approximate surface area is 99.8 Å². The lowest BCUT2D eigenvalue weighted by molar-refractivity contribution is -0.139. The van der Waals surface area contributed by atoms with Gasteiger partial charge in [-0.25, -0.2) is 4.79 Å². The van der Waals surface area contributed by atoms with E-state index >= 15 is 0 Å². The zero-order chi connectivity index (χ0) is 12.8. The first-order valence-electron chi connectivity index (χ1n) is 5.70. The van der Waals surface area contributed by atoms with Crippen LogP contribution in [0.2, 0.25) is 0 Å². The molecule has 0 unspecified atom stereocenters. The number of hydrogen-bond donors (Lipinski definition) is 2. The molecule has 0 aliphatic heterocycles. The van der Waals surface area contributed by atoms with Crippen molar-refractivity contribution in [1.82, 2.24) is 5.32 Å². The van der Waals surface area contributed by atoms with E-state index in [0.29, 0.717) is 25.0 Å². The van der Waals surface area contributed by atoms with Crippen molar-refractivity contribution in [2.45, 2.75) is 39.2 Å². The molecule has 94 valence electrons. The average Bonchev–Trinajstić information content (AvgIpc) is 2.76. The normalized spacial score (nSPS) is 12.1. The summed E-state index contributed by atoms with van der Waals surface area (Å²) in [6.07, 6.45) is 1.79. The maximum absolute atomic E-state index is 11.7. The molecule has 5 nitrogen and oxygen atoms in total. The van der Waals surface area contributed by atoms with E-state index in [1.165, 1.54) is 0 Å². The highest BCUT2D eigenvalue weighted by Gasteiger charge is 2.21. The van der Waals surface area contributed by atoms with Crippen LogP contribution in [0.25, 0.3) is 0 Å². The van der Waals surface area contributed by atoms with E-state index in [1.807, 2.05) is 13.8 Å². The molecule has 0 saturated heterocycles. The Morgan fingerprint density at radius 2 is 2.12 bits per heavy atom. The molecule has 0 bridgehead atoms. The minimum absolute atomic E-state index is 0.157. The zero-order valence-corrected chi connectivity index (χ0v) is 10.0. The van der Waals surface area contributed by atoms with Crippen LogP contribution in [0, 0.1) is 0 Å². The predicted molar refractivity (Wildman–Crippen MR) is 61.9 cm³/mol. The first kappa shape index (κ1) is 13.3. The van der Waals surface area contributed by atoms with Gasteiger partial charge in [0.05, 0.1) is 0 Å². The second-order valence-electron chi connectivity index (χ2n) is 3.77. The minimum atomic E-state index is -1.03. The van der Waals surface area contributed by atoms with Crippen LogP contribution >= 0.6 is 0 Å². The second-order valence-corrected chi connectivity index (χ2v) is 3.77. The number of carboxylic acid groups (broad SMARTS) is 1. The Morgan fingerprint density at radius 3 is 2.59 bits per heavy atom. The van der Waals surface area contributed by atoms with Gasteiger partial charge in [-0.15, -0.1) is 0 Å². The van der Waals surface area contributed by atoms with E-state index in [1.54, 1.807) is 12.1 Å². The Morgan fingerprint density at radius 1 is 1.41 bits per heavy atom. The number of rotatable bonds is 6. The Kier molecular flexibility index (Phi) is 4.75. The molecule has 1 heterocycles. The van der Waals surface area contributed by atoms with Gasteiger partial charge < -0.3 is 14.8 Å². The van der Waals surface area contributed by atoms with Crippen molar-refractivity contribution in [2.24, 2.45) is 0 Å². The van der Waals surface area contributed by atoms with E-state index in [-0.39, 0.29) is 5.76 Å². The number of furan rings is 1. The molecule has 0 aliphatic rings. The van der Waals surface area contributed by atoms with Crippen molar-refractivity contribution in [2.75, 3.05) is 0 Å². The van der Waals surface area contributed by atoms with Crippen LogP contribution in [0.4, 0.5) is 0 Å². The molecule has 17 heavy (non-hydrogen) atoms. The summed E-state index contributed by atoms with van der Waals surface area (Å²) in [4.78, 5) is 22.6. The van der Waals surface area contributed by atoms with Gasteiger partial charge in [0, 0.05) is 6.42 Å². The number of amides is 1. The fraction of sp³-hybridized carbons (Fsp3) is 0.500. The Balaban J connectivity index is 2.66. The molecule has 0 aliphatic carbocycles. The van der Waals surface area contributed by atoms with Gasteiger partial charge in [0.25, 0.3) is 5.91 Å². The molecule has 1 aromatic rings. The largest absolute Gasteiger partial charge is 0.480 e. The van der Waals surface area contributed by atoms with Crippen LogP contribution in [-0.4, -0.2) is 23.0 Å². The fourth-order valence-electron chi connectivity index (χ4n) is 1.47. The Bertz CT molecular complexity index is 397. The van der Waals surface area contributed by atoms with Gasteiger partial charge >= 0.3 is 5.97 Å². The third kappa shape index (κ3) is 3.62. The highest BCUT2D eigenvalue weighted by molar-refractivity contribution is 5.94. The summed E-state index contributed by atoms with van der Waals surface area (Å²) >= 11 is 0. The first-order valence-corrected chi connectivity index (χ1v) is 5.70. The van der Waals surface area contributed by atoms with Crippen LogP contribution in [0.3, 0.4) is 0 Å². The van der Waals surface area contributed by atoms with Gasteiger partial charge in [-0.1, -0.05) is 20.3 Å². The van der Waals surface area contributed by atoms with Gasteiger partial charge in [0.1, 0.15) is 11.8 Å². The van der Waals surface area contributed by atoms with E-state index in [9.17, 15) is 9.59 Å². The first-order chi connectivity index (χ1) is 8.08. The smallest absolute Gasteiger partial charge is 0.326 e. The number of hydrogen-bond acceptors (Lipinski definition) is 3. The average molecular weight is 239 g/mol. The molecule has 0 saturated carbocycles. The summed E-state index contributed by atoms with van der Waals surface area (Å²) in [6, 6.07) is 2.41. The highest BCUT2D eigenvalue weighted by atomic mass is 16.4. The van der Waals surface area contributed by atoms with Gasteiger partial charge in [-0.05, 0) is 18.6 Å². The van der Waals surface area contributed by atoms with Gasteiger partial charge in [-0.3, -0.25) is 4.79 Å². The number of nitrogens with one attached hydrogen (secondary N) is 1. The van der Waals surface area contributed by atoms with Crippen molar-refractivity contribution < 1.29 is 19.1 Å². The summed E-state index contributed by atoms with van der Waals surface area (Å²) in [5.41, 5.74) is 0. The summed E-state index contributed by atoms with van der Waals surface area (Å²) in [5.74, 6) is -0.644. The van der Waals surface area contributed by atoms with E-state index < -0.39 is 17.9 Å². The number of aliphatic carboxylic acids is 1. The van der Waals surface area contributed by atoms with Gasteiger partial charge in [0.15, 0.2) is 5.76 Å². The van der Waals surface area contributed by atoms with Gasteiger partial charge in [-0.2, -0.15) is 0 Å². The molecule has 0 spiro atoms. The molecule has 1 rings (SSSR count). The molecule has 1 atom stereocenters. The standard InChI is InChI=1S/C12H17NO4/c1-3-5-9(12(15)16)13-11(14)10-7-6-8(4-2)17-10/h6-7,9H,3-5H2,1-2H3,(H,13,14)(H,15,16)/t9-/m1/s1. The maximum Gasteiger partial charge on any atom is 0.326 e. The lowest BCUT2D eigenvalue weighted by atomic mass is 10.1. The topological polar surface area (TPSA) is 79.5 Å². The molecule has 0 fully saturated rings. The third-order valence-corrected chi connectivity index (χ3v) is 2.41. The number of carbonyl (C=O) groups is 2. The monoisotopic (exact) mass is 239 g/mol. The Hall–Kier alpha value is -1.78. The van der Waals surface area contributed by atoms with E-state index in [0.717, 1.165) is 0 Å². The number of carboxylic acids is 1. The fourth-order valence-corrected chi connectivity index (χ4v) is 1.47. The molecule has 1 amide bonds. The van der Waals surface area contributed by atoms with Crippen LogP contribution in [0.5, 0.6) is 0 Å². The molecular formula is C12H17NO4. The van der Waals surface area contributed by atoms with E-state index in [2.05, 4.69) is 5.32 Å². The third-order valence-electron chi connectivity index (χ3n) is 2.41. The van der Waals surface area contributed by atoms with Crippen molar-refractivity contribution in [3.05, 3.63) is 23.7 Å². The molecule has 0 aromatic carbocycles. The number of carbonyl (C=O) groups excluding carboxylic acids is 1. The number of aryl methyl sites for hydroxylation is 1. The van der Waals surface area contributed by atoms with Gasteiger partial charge in [0.2, 0.25) is 0 Å². The molecular weight excluding hydrogens is 222 g/mol.